The number of fused-ring (bicyclic) bond motifs is 1. The predicted octanol–water partition coefficient (Wildman–Crippen LogP) is 3.94. The molecule has 0 radical (unpaired) electrons. The van der Waals surface area contributed by atoms with Crippen LogP contribution < -0.4 is 5.32 Å². The summed E-state index contributed by atoms with van der Waals surface area (Å²) in [5.41, 5.74) is 1.39. The molecule has 1 saturated heterocycles. The Hall–Kier alpha value is -1.35. The molecule has 1 aliphatic heterocycles. The third kappa shape index (κ3) is 4.25. The fraction of sp³-hybridized carbons (Fsp3) is 0.682. The Bertz CT molecular complexity index is 561. The van der Waals surface area contributed by atoms with Crippen LogP contribution in [0.3, 0.4) is 0 Å². The molecule has 0 bridgehead atoms. The van der Waals surface area contributed by atoms with E-state index in [0.29, 0.717) is 23.8 Å². The standard InChI is InChI=1S/C22H34N2O/c1-15(2)21(16(3)4)22(25)23-20-11-10-18-13-24(14-19(18)20)12-17-8-6-5-7-9-17/h5-9,15-16,18-21H,10-14H2,1-4H3,(H,23,25). The number of benzene rings is 1. The van der Waals surface area contributed by atoms with Gasteiger partial charge in [-0.3, -0.25) is 9.69 Å². The first-order chi connectivity index (χ1) is 12.0. The lowest BCUT2D eigenvalue weighted by Gasteiger charge is -2.28. The Balaban J connectivity index is 1.58. The van der Waals surface area contributed by atoms with Gasteiger partial charge in [-0.25, -0.2) is 0 Å². The fourth-order valence-corrected chi connectivity index (χ4v) is 5.16. The van der Waals surface area contributed by atoms with Crippen LogP contribution in [0.5, 0.6) is 0 Å². The van der Waals surface area contributed by atoms with Crippen LogP contribution in [0.4, 0.5) is 0 Å². The van der Waals surface area contributed by atoms with Crippen molar-refractivity contribution < 1.29 is 4.79 Å². The van der Waals surface area contributed by atoms with E-state index in [-0.39, 0.29) is 11.8 Å². The van der Waals surface area contributed by atoms with Gasteiger partial charge in [0.1, 0.15) is 0 Å². The average Bonchev–Trinajstić information content (AvgIpc) is 3.09. The molecule has 3 nitrogen and oxygen atoms in total. The van der Waals surface area contributed by atoms with Crippen molar-refractivity contribution in [1.82, 2.24) is 10.2 Å². The van der Waals surface area contributed by atoms with Crippen LogP contribution in [0, 0.1) is 29.6 Å². The van der Waals surface area contributed by atoms with Crippen molar-refractivity contribution in [2.45, 2.75) is 53.1 Å². The molecule has 3 heteroatoms. The molecule has 0 aromatic heterocycles. The summed E-state index contributed by atoms with van der Waals surface area (Å²) in [4.78, 5) is 15.4. The summed E-state index contributed by atoms with van der Waals surface area (Å²) in [5, 5.41) is 3.43. The van der Waals surface area contributed by atoms with Gasteiger partial charge in [0.05, 0.1) is 0 Å². The van der Waals surface area contributed by atoms with Crippen molar-refractivity contribution in [1.29, 1.82) is 0 Å². The van der Waals surface area contributed by atoms with E-state index >= 15 is 0 Å². The summed E-state index contributed by atoms with van der Waals surface area (Å²) in [5.74, 6) is 2.59. The van der Waals surface area contributed by atoms with E-state index in [9.17, 15) is 4.79 Å². The van der Waals surface area contributed by atoms with E-state index in [0.717, 1.165) is 25.4 Å². The number of carbonyl (C=O) groups excluding carboxylic acids is 1. The molecule has 1 aliphatic carbocycles. The molecule has 3 unspecified atom stereocenters. The number of hydrogen-bond acceptors (Lipinski definition) is 2. The fourth-order valence-electron chi connectivity index (χ4n) is 5.16. The van der Waals surface area contributed by atoms with Crippen molar-refractivity contribution >= 4 is 5.91 Å². The van der Waals surface area contributed by atoms with E-state index in [1.54, 1.807) is 0 Å². The van der Waals surface area contributed by atoms with Crippen LogP contribution >= 0.6 is 0 Å². The van der Waals surface area contributed by atoms with Crippen LogP contribution in [0.25, 0.3) is 0 Å². The van der Waals surface area contributed by atoms with Gasteiger partial charge in [0.15, 0.2) is 0 Å². The Morgan fingerprint density at radius 3 is 2.40 bits per heavy atom. The van der Waals surface area contributed by atoms with E-state index in [2.05, 4.69) is 68.2 Å². The SMILES string of the molecule is CC(C)C(C(=O)NC1CCC2CN(Cc3ccccc3)CC21)C(C)C. The lowest BCUT2D eigenvalue weighted by atomic mass is 9.84. The summed E-state index contributed by atoms with van der Waals surface area (Å²) in [6, 6.07) is 11.1. The van der Waals surface area contributed by atoms with E-state index < -0.39 is 0 Å². The van der Waals surface area contributed by atoms with Gasteiger partial charge >= 0.3 is 0 Å². The summed E-state index contributed by atoms with van der Waals surface area (Å²) in [6.45, 7) is 12.0. The number of amides is 1. The van der Waals surface area contributed by atoms with Gasteiger partial charge in [-0.15, -0.1) is 0 Å². The highest BCUT2D eigenvalue weighted by molar-refractivity contribution is 5.79. The Labute approximate surface area is 153 Å². The number of nitrogens with one attached hydrogen (secondary N) is 1. The number of nitrogens with zero attached hydrogens (tertiary/aromatic N) is 1. The highest BCUT2D eigenvalue weighted by Crippen LogP contribution is 2.39. The van der Waals surface area contributed by atoms with Gasteiger partial charge in [-0.1, -0.05) is 58.0 Å². The van der Waals surface area contributed by atoms with Crippen LogP contribution in [0.2, 0.25) is 0 Å². The highest BCUT2D eigenvalue weighted by Gasteiger charge is 2.43. The molecular formula is C22H34N2O. The lowest BCUT2D eigenvalue weighted by molar-refractivity contribution is -0.128. The minimum atomic E-state index is 0.126. The summed E-state index contributed by atoms with van der Waals surface area (Å²) < 4.78 is 0. The van der Waals surface area contributed by atoms with Crippen molar-refractivity contribution in [2.75, 3.05) is 13.1 Å². The van der Waals surface area contributed by atoms with Gasteiger partial charge in [-0.2, -0.15) is 0 Å². The maximum atomic E-state index is 12.8. The molecule has 3 rings (SSSR count). The third-order valence-electron chi connectivity index (χ3n) is 6.25. The Morgan fingerprint density at radius 2 is 1.76 bits per heavy atom. The maximum Gasteiger partial charge on any atom is 0.223 e. The molecule has 1 aromatic carbocycles. The molecule has 2 fully saturated rings. The zero-order valence-corrected chi connectivity index (χ0v) is 16.2. The van der Waals surface area contributed by atoms with Crippen LogP contribution in [0.15, 0.2) is 30.3 Å². The van der Waals surface area contributed by atoms with Gasteiger partial charge in [0.2, 0.25) is 5.91 Å². The van der Waals surface area contributed by atoms with Crippen molar-refractivity contribution in [3.05, 3.63) is 35.9 Å². The molecule has 0 spiro atoms. The molecule has 1 heterocycles. The Morgan fingerprint density at radius 1 is 1.08 bits per heavy atom. The molecule has 1 saturated carbocycles. The monoisotopic (exact) mass is 342 g/mol. The van der Waals surface area contributed by atoms with E-state index in [1.807, 2.05) is 0 Å². The minimum absolute atomic E-state index is 0.126. The number of rotatable bonds is 6. The van der Waals surface area contributed by atoms with E-state index in [1.165, 1.54) is 18.5 Å². The molecule has 3 atom stereocenters. The topological polar surface area (TPSA) is 32.3 Å². The van der Waals surface area contributed by atoms with Crippen molar-refractivity contribution in [3.63, 3.8) is 0 Å². The second-order valence-electron chi connectivity index (χ2n) is 8.81. The third-order valence-corrected chi connectivity index (χ3v) is 6.25. The van der Waals surface area contributed by atoms with Crippen molar-refractivity contribution in [3.8, 4) is 0 Å². The quantitative estimate of drug-likeness (QED) is 0.849. The summed E-state index contributed by atoms with van der Waals surface area (Å²) in [6.07, 6.45) is 2.41. The predicted molar refractivity (Wildman–Crippen MR) is 103 cm³/mol. The number of carbonyl (C=O) groups is 1. The summed E-state index contributed by atoms with van der Waals surface area (Å²) >= 11 is 0. The normalized spacial score (nSPS) is 26.6. The number of hydrogen-bond donors (Lipinski definition) is 1. The Kier molecular flexibility index (Phi) is 5.83. The van der Waals surface area contributed by atoms with Gasteiger partial charge in [0.25, 0.3) is 0 Å². The zero-order valence-electron chi connectivity index (χ0n) is 16.2. The first-order valence-corrected chi connectivity index (χ1v) is 10.0. The van der Waals surface area contributed by atoms with Crippen LogP contribution in [-0.2, 0) is 11.3 Å². The second kappa shape index (κ2) is 7.90. The van der Waals surface area contributed by atoms with Crippen molar-refractivity contribution in [2.24, 2.45) is 29.6 Å². The van der Waals surface area contributed by atoms with Crippen LogP contribution in [-0.4, -0.2) is 29.9 Å². The molecule has 1 aromatic rings. The molecule has 138 valence electrons. The first kappa shape index (κ1) is 18.4. The number of likely N-dealkylation sites (tertiary alicyclic amines) is 1. The average molecular weight is 343 g/mol. The smallest absolute Gasteiger partial charge is 0.223 e. The zero-order chi connectivity index (χ0) is 18.0. The van der Waals surface area contributed by atoms with Gasteiger partial charge in [-0.05, 0) is 42.1 Å². The first-order valence-electron chi connectivity index (χ1n) is 10.0. The second-order valence-corrected chi connectivity index (χ2v) is 8.81. The van der Waals surface area contributed by atoms with E-state index in [4.69, 9.17) is 0 Å². The summed E-state index contributed by atoms with van der Waals surface area (Å²) in [7, 11) is 0. The maximum absolute atomic E-state index is 12.8. The molecular weight excluding hydrogens is 308 g/mol. The lowest BCUT2D eigenvalue weighted by Crippen LogP contribution is -2.45. The minimum Gasteiger partial charge on any atom is -0.353 e. The molecule has 25 heavy (non-hydrogen) atoms. The molecule has 1 N–H and O–H groups in total. The largest absolute Gasteiger partial charge is 0.353 e. The van der Waals surface area contributed by atoms with Gasteiger partial charge < -0.3 is 5.32 Å². The molecule has 2 aliphatic rings. The van der Waals surface area contributed by atoms with Crippen LogP contribution in [0.1, 0.15) is 46.1 Å². The van der Waals surface area contributed by atoms with Gasteiger partial charge in [0, 0.05) is 31.6 Å². The highest BCUT2D eigenvalue weighted by atomic mass is 16.2. The molecule has 1 amide bonds.